The summed E-state index contributed by atoms with van der Waals surface area (Å²) >= 11 is 0. The first-order valence-corrected chi connectivity index (χ1v) is 15.8. The first-order valence-electron chi connectivity index (χ1n) is 12.9. The molecule has 0 saturated heterocycles. The molecule has 3 aromatic rings. The molecule has 0 atom stereocenters. The molecule has 0 spiro atoms. The van der Waals surface area contributed by atoms with E-state index in [1.54, 1.807) is 10.9 Å². The van der Waals surface area contributed by atoms with Crippen LogP contribution < -0.4 is 19.2 Å². The lowest BCUT2D eigenvalue weighted by molar-refractivity contribution is 0.139. The number of nitrogens with zero attached hydrogens (tertiary/aromatic N) is 3. The number of carbonyl (C=O) groups is 1. The van der Waals surface area contributed by atoms with Gasteiger partial charge in [0, 0.05) is 31.4 Å². The second-order valence-corrected chi connectivity index (χ2v) is 15.8. The Morgan fingerprint density at radius 2 is 1.82 bits per heavy atom. The van der Waals surface area contributed by atoms with Crippen LogP contribution in [0.25, 0.3) is 0 Å². The van der Waals surface area contributed by atoms with Crippen molar-refractivity contribution in [3.8, 4) is 17.4 Å². The zero-order valence-electron chi connectivity index (χ0n) is 23.1. The molecular formula is C28H38N4O5Si. The Kier molecular flexibility index (Phi) is 7.91. The summed E-state index contributed by atoms with van der Waals surface area (Å²) in [6.07, 6.45) is 1.47. The van der Waals surface area contributed by atoms with E-state index >= 15 is 0 Å². The number of fused-ring (bicyclic) bond motifs is 1. The van der Waals surface area contributed by atoms with Crippen LogP contribution in [0.15, 0.2) is 48.7 Å². The molecule has 38 heavy (non-hydrogen) atoms. The fourth-order valence-corrected chi connectivity index (χ4v) is 5.09. The van der Waals surface area contributed by atoms with Gasteiger partial charge in [0.05, 0.1) is 6.20 Å². The van der Waals surface area contributed by atoms with Crippen molar-refractivity contribution in [2.24, 2.45) is 7.05 Å². The van der Waals surface area contributed by atoms with Crippen LogP contribution in [0.2, 0.25) is 18.1 Å². The van der Waals surface area contributed by atoms with Crippen LogP contribution in [0.1, 0.15) is 31.9 Å². The third kappa shape index (κ3) is 6.24. The van der Waals surface area contributed by atoms with E-state index in [2.05, 4.69) is 44.3 Å². The summed E-state index contributed by atoms with van der Waals surface area (Å²) in [7, 11) is -0.0608. The number of anilines is 2. The van der Waals surface area contributed by atoms with E-state index in [-0.39, 0.29) is 5.04 Å². The predicted molar refractivity (Wildman–Crippen MR) is 150 cm³/mol. The average Bonchev–Trinajstić information content (AvgIpc) is 3.20. The summed E-state index contributed by atoms with van der Waals surface area (Å²) in [5.74, 6) is 2.27. The minimum atomic E-state index is -1.89. The van der Waals surface area contributed by atoms with Gasteiger partial charge in [-0.3, -0.25) is 0 Å². The maximum absolute atomic E-state index is 11.3. The molecule has 9 nitrogen and oxygen atoms in total. The number of benzene rings is 2. The van der Waals surface area contributed by atoms with E-state index in [1.165, 1.54) is 4.90 Å². The van der Waals surface area contributed by atoms with Gasteiger partial charge in [-0.15, -0.1) is 0 Å². The highest BCUT2D eigenvalue weighted by molar-refractivity contribution is 6.74. The molecule has 0 fully saturated rings. The molecule has 0 bridgehead atoms. The van der Waals surface area contributed by atoms with Gasteiger partial charge in [0.2, 0.25) is 14.2 Å². The van der Waals surface area contributed by atoms with Crippen molar-refractivity contribution in [3.63, 3.8) is 0 Å². The molecule has 10 heteroatoms. The second-order valence-electron chi connectivity index (χ2n) is 11.0. The van der Waals surface area contributed by atoms with Gasteiger partial charge < -0.3 is 29.2 Å². The van der Waals surface area contributed by atoms with Gasteiger partial charge in [-0.2, -0.15) is 5.10 Å². The molecule has 0 radical (unpaired) electrons. The van der Waals surface area contributed by atoms with Gasteiger partial charge in [-0.25, -0.2) is 9.48 Å². The fourth-order valence-electron chi connectivity index (χ4n) is 4.06. The first kappa shape index (κ1) is 27.4. The smallest absolute Gasteiger partial charge is 0.407 e. The van der Waals surface area contributed by atoms with E-state index in [9.17, 15) is 9.90 Å². The molecule has 0 saturated carbocycles. The lowest BCUT2D eigenvalue weighted by Crippen LogP contribution is -2.43. The van der Waals surface area contributed by atoms with Crippen LogP contribution in [0.5, 0.6) is 17.4 Å². The maximum atomic E-state index is 11.3. The quantitative estimate of drug-likeness (QED) is 0.253. The maximum Gasteiger partial charge on any atom is 0.407 e. The Labute approximate surface area is 225 Å². The normalized spacial score (nSPS) is 13.6. The highest BCUT2D eigenvalue weighted by atomic mass is 28.4. The van der Waals surface area contributed by atoms with Gasteiger partial charge in [0.15, 0.2) is 0 Å². The van der Waals surface area contributed by atoms with Gasteiger partial charge in [-0.05, 0) is 60.4 Å². The molecule has 204 valence electrons. The molecule has 0 aliphatic carbocycles. The highest BCUT2D eigenvalue weighted by Crippen LogP contribution is 2.38. The van der Waals surface area contributed by atoms with Crippen molar-refractivity contribution in [1.29, 1.82) is 0 Å². The minimum absolute atomic E-state index is 0.136. The number of rotatable bonds is 9. The molecule has 0 unspecified atom stereocenters. The Hall–Kier alpha value is -3.66. The lowest BCUT2D eigenvalue weighted by atomic mass is 9.99. The van der Waals surface area contributed by atoms with Crippen molar-refractivity contribution < 1.29 is 23.8 Å². The van der Waals surface area contributed by atoms with Crippen LogP contribution in [0.3, 0.4) is 0 Å². The Balaban J connectivity index is 1.33. The lowest BCUT2D eigenvalue weighted by Gasteiger charge is -2.36. The molecular weight excluding hydrogens is 500 g/mol. The van der Waals surface area contributed by atoms with E-state index in [1.807, 2.05) is 49.5 Å². The number of nitrogens with one attached hydrogen (secondary N) is 1. The molecule has 2 heterocycles. The Morgan fingerprint density at radius 1 is 1.11 bits per heavy atom. The number of aromatic nitrogens is 2. The van der Waals surface area contributed by atoms with Crippen LogP contribution >= 0.6 is 0 Å². The third-order valence-electron chi connectivity index (χ3n) is 7.27. The van der Waals surface area contributed by atoms with Crippen LogP contribution in [-0.4, -0.2) is 54.0 Å². The van der Waals surface area contributed by atoms with Crippen LogP contribution in [0, 0.1) is 0 Å². The summed E-state index contributed by atoms with van der Waals surface area (Å²) in [6, 6.07) is 13.7. The monoisotopic (exact) mass is 538 g/mol. The number of hydrogen-bond donors (Lipinski definition) is 2. The zero-order valence-corrected chi connectivity index (χ0v) is 24.1. The van der Waals surface area contributed by atoms with E-state index in [0.29, 0.717) is 38.6 Å². The Bertz CT molecular complexity index is 1270. The van der Waals surface area contributed by atoms with Crippen molar-refractivity contribution in [2.45, 2.75) is 51.9 Å². The molecule has 1 aromatic heterocycles. The number of ether oxygens (including phenoxy) is 2. The number of amides is 1. The van der Waals surface area contributed by atoms with Gasteiger partial charge in [0.25, 0.3) is 0 Å². The highest BCUT2D eigenvalue weighted by Gasteiger charge is 2.38. The molecule has 4 rings (SSSR count). The molecule has 1 amide bonds. The van der Waals surface area contributed by atoms with Gasteiger partial charge in [0.1, 0.15) is 30.4 Å². The van der Waals surface area contributed by atoms with Gasteiger partial charge >= 0.3 is 6.09 Å². The molecule has 2 N–H and O–H groups in total. The van der Waals surface area contributed by atoms with Crippen LogP contribution in [0.4, 0.5) is 16.2 Å². The largest absolute Gasteiger partial charge is 0.544 e. The third-order valence-corrected chi connectivity index (χ3v) is 11.6. The fraction of sp³-hybridized carbons (Fsp3) is 0.429. The molecule has 1 aliphatic rings. The average molecular weight is 539 g/mol. The summed E-state index contributed by atoms with van der Waals surface area (Å²) < 4.78 is 20.1. The van der Waals surface area contributed by atoms with Gasteiger partial charge in [-0.1, -0.05) is 32.9 Å². The number of carboxylic acid groups (broad SMARTS) is 1. The SMILES string of the molecule is Cn1ncc(Nc2ccc(O[Si](C)(C)C(C)(C)C)cc2)c1OCCOc1cccc2c1CCN(C(=O)O)C2. The Morgan fingerprint density at radius 3 is 2.50 bits per heavy atom. The minimum Gasteiger partial charge on any atom is -0.544 e. The summed E-state index contributed by atoms with van der Waals surface area (Å²) in [5.41, 5.74) is 3.72. The summed E-state index contributed by atoms with van der Waals surface area (Å²) in [5, 5.41) is 17.1. The van der Waals surface area contributed by atoms with Crippen molar-refractivity contribution in [2.75, 3.05) is 25.1 Å². The summed E-state index contributed by atoms with van der Waals surface area (Å²) in [4.78, 5) is 12.7. The molecule has 1 aliphatic heterocycles. The second kappa shape index (κ2) is 11.0. The zero-order chi connectivity index (χ0) is 27.5. The first-order chi connectivity index (χ1) is 17.9. The number of aryl methyl sites for hydroxylation is 1. The van der Waals surface area contributed by atoms with Crippen molar-refractivity contribution in [1.82, 2.24) is 14.7 Å². The van der Waals surface area contributed by atoms with E-state index in [0.717, 1.165) is 34.0 Å². The predicted octanol–water partition coefficient (Wildman–Crippen LogP) is 6.04. The summed E-state index contributed by atoms with van der Waals surface area (Å²) in [6.45, 7) is 12.7. The van der Waals surface area contributed by atoms with E-state index < -0.39 is 14.4 Å². The van der Waals surface area contributed by atoms with Crippen molar-refractivity contribution >= 4 is 25.8 Å². The van der Waals surface area contributed by atoms with Crippen molar-refractivity contribution in [3.05, 3.63) is 59.8 Å². The number of hydrogen-bond acceptors (Lipinski definition) is 6. The topological polar surface area (TPSA) is 98.1 Å². The standard InChI is InChI=1S/C28H38N4O5Si/c1-28(2,3)38(5,6)37-22-12-10-21(11-13-22)30-24-18-29-31(4)26(24)36-17-16-35-25-9-7-8-20-19-32(27(33)34)15-14-23(20)25/h7-13,18,30H,14-17,19H2,1-6H3,(H,33,34). The van der Waals surface area contributed by atoms with E-state index in [4.69, 9.17) is 13.9 Å². The van der Waals surface area contributed by atoms with Crippen LogP contribution in [-0.2, 0) is 20.0 Å². The molecule has 2 aromatic carbocycles.